The third kappa shape index (κ3) is 6.80. The van der Waals surface area contributed by atoms with Gasteiger partial charge in [-0.2, -0.15) is 0 Å². The number of para-hydroxylation sites is 1. The van der Waals surface area contributed by atoms with E-state index in [1.165, 1.54) is 12.5 Å². The van der Waals surface area contributed by atoms with E-state index in [9.17, 15) is 14.7 Å². The van der Waals surface area contributed by atoms with Gasteiger partial charge < -0.3 is 9.84 Å². The minimum Gasteiger partial charge on any atom is -0.507 e. The largest absolute Gasteiger partial charge is 0.507 e. The van der Waals surface area contributed by atoms with Gasteiger partial charge in [0, 0.05) is 11.1 Å². The van der Waals surface area contributed by atoms with E-state index in [2.05, 4.69) is 20.8 Å². The molecule has 178 valence electrons. The number of aromatic hydroxyl groups is 1. The van der Waals surface area contributed by atoms with E-state index in [1.807, 2.05) is 60.7 Å². The Morgan fingerprint density at radius 2 is 1.35 bits per heavy atom. The first-order valence-corrected chi connectivity index (χ1v) is 12.0. The van der Waals surface area contributed by atoms with Crippen LogP contribution in [0, 0.1) is 17.8 Å². The predicted molar refractivity (Wildman–Crippen MR) is 135 cm³/mol. The lowest BCUT2D eigenvalue weighted by Gasteiger charge is -2.36. The molecule has 0 radical (unpaired) electrons. The van der Waals surface area contributed by atoms with Gasteiger partial charge >= 0.3 is 5.97 Å². The highest BCUT2D eigenvalue weighted by molar-refractivity contribution is 6.08. The molecule has 4 nitrogen and oxygen atoms in total. The molecule has 1 aliphatic rings. The summed E-state index contributed by atoms with van der Waals surface area (Å²) in [6, 6.07) is 25.2. The van der Waals surface area contributed by atoms with Gasteiger partial charge in [0.2, 0.25) is 0 Å². The van der Waals surface area contributed by atoms with Crippen molar-refractivity contribution in [3.63, 3.8) is 0 Å². The molecule has 1 N–H and O–H groups in total. The van der Waals surface area contributed by atoms with Crippen molar-refractivity contribution in [2.45, 2.75) is 46.1 Å². The van der Waals surface area contributed by atoms with Gasteiger partial charge in [0.15, 0.2) is 5.78 Å². The van der Waals surface area contributed by atoms with Crippen LogP contribution in [0.25, 0.3) is 0 Å². The molecule has 0 aromatic heterocycles. The van der Waals surface area contributed by atoms with Crippen molar-refractivity contribution in [2.24, 2.45) is 17.8 Å². The van der Waals surface area contributed by atoms with Crippen LogP contribution >= 0.6 is 0 Å². The van der Waals surface area contributed by atoms with Crippen molar-refractivity contribution in [3.05, 3.63) is 102 Å². The monoisotopic (exact) mass is 458 g/mol. The summed E-state index contributed by atoms with van der Waals surface area (Å²) in [5.74, 6) is 1.17. The first-order valence-electron chi connectivity index (χ1n) is 12.0. The number of esters is 1. The van der Waals surface area contributed by atoms with Gasteiger partial charge in [-0.15, -0.1) is 0 Å². The Hall–Kier alpha value is -3.40. The van der Waals surface area contributed by atoms with Crippen LogP contribution in [0.1, 0.15) is 66.3 Å². The van der Waals surface area contributed by atoms with Gasteiger partial charge in [-0.05, 0) is 42.7 Å². The second-order valence-corrected chi connectivity index (χ2v) is 9.35. The quantitative estimate of drug-likeness (QED) is 0.333. The summed E-state index contributed by atoms with van der Waals surface area (Å²) >= 11 is 0. The SMILES string of the molecule is CC1CCC(C(C)C)C(OC(=O)c2ccccc2O)C1.O=C(c1ccccc1)c1ccccc1. The van der Waals surface area contributed by atoms with Gasteiger partial charge in [0.25, 0.3) is 0 Å². The third-order valence-corrected chi connectivity index (χ3v) is 6.42. The zero-order valence-corrected chi connectivity index (χ0v) is 20.2. The van der Waals surface area contributed by atoms with Gasteiger partial charge in [-0.25, -0.2) is 4.79 Å². The average molecular weight is 459 g/mol. The lowest BCUT2D eigenvalue weighted by atomic mass is 9.75. The Bertz CT molecular complexity index is 1020. The van der Waals surface area contributed by atoms with E-state index in [4.69, 9.17) is 4.74 Å². The van der Waals surface area contributed by atoms with Crippen molar-refractivity contribution in [3.8, 4) is 5.75 Å². The minimum atomic E-state index is -0.409. The highest BCUT2D eigenvalue weighted by atomic mass is 16.5. The van der Waals surface area contributed by atoms with E-state index in [-0.39, 0.29) is 23.2 Å². The Morgan fingerprint density at radius 3 is 1.88 bits per heavy atom. The summed E-state index contributed by atoms with van der Waals surface area (Å²) in [5, 5.41) is 9.74. The standard InChI is InChI=1S/C17H24O3.C13H10O/c1-11(2)13-9-8-12(3)10-16(13)20-17(19)14-6-4-5-7-15(14)18;14-13(11-7-3-1-4-8-11)12-9-5-2-6-10-12/h4-7,11-13,16,18H,8-10H2,1-3H3;1-10H. The fraction of sp³-hybridized carbons (Fsp3) is 0.333. The molecule has 1 aliphatic carbocycles. The second-order valence-electron chi connectivity index (χ2n) is 9.35. The summed E-state index contributed by atoms with van der Waals surface area (Å²) in [6.07, 6.45) is 3.19. The van der Waals surface area contributed by atoms with E-state index in [1.54, 1.807) is 18.2 Å². The summed E-state index contributed by atoms with van der Waals surface area (Å²) in [7, 11) is 0. The van der Waals surface area contributed by atoms with Crippen LogP contribution in [0.2, 0.25) is 0 Å². The van der Waals surface area contributed by atoms with Crippen LogP contribution in [0.15, 0.2) is 84.9 Å². The predicted octanol–water partition coefficient (Wildman–Crippen LogP) is 6.93. The molecule has 0 bridgehead atoms. The second kappa shape index (κ2) is 12.2. The number of hydrogen-bond acceptors (Lipinski definition) is 4. The summed E-state index contributed by atoms with van der Waals surface area (Å²) in [4.78, 5) is 24.1. The molecule has 4 rings (SSSR count). The maximum Gasteiger partial charge on any atom is 0.342 e. The summed E-state index contributed by atoms with van der Waals surface area (Å²) in [6.45, 7) is 6.57. The number of carbonyl (C=O) groups is 2. The zero-order valence-electron chi connectivity index (χ0n) is 20.2. The zero-order chi connectivity index (χ0) is 24.5. The molecular formula is C30H34O4. The first kappa shape index (κ1) is 25.2. The van der Waals surface area contributed by atoms with Crippen molar-refractivity contribution < 1.29 is 19.4 Å². The Morgan fingerprint density at radius 1 is 0.824 bits per heavy atom. The van der Waals surface area contributed by atoms with Gasteiger partial charge in [-0.3, -0.25) is 4.79 Å². The van der Waals surface area contributed by atoms with Gasteiger partial charge in [-0.1, -0.05) is 100.0 Å². The van der Waals surface area contributed by atoms with Crippen molar-refractivity contribution in [1.82, 2.24) is 0 Å². The lowest BCUT2D eigenvalue weighted by molar-refractivity contribution is -0.0176. The average Bonchev–Trinajstić information content (AvgIpc) is 2.85. The number of ether oxygens (including phenoxy) is 1. The maximum atomic E-state index is 12.2. The number of rotatable bonds is 5. The van der Waals surface area contributed by atoms with Crippen LogP contribution in [-0.2, 0) is 4.74 Å². The molecule has 0 spiro atoms. The third-order valence-electron chi connectivity index (χ3n) is 6.42. The Kier molecular flexibility index (Phi) is 9.03. The molecule has 0 aliphatic heterocycles. The lowest BCUT2D eigenvalue weighted by Crippen LogP contribution is -2.35. The van der Waals surface area contributed by atoms with E-state index >= 15 is 0 Å². The molecule has 3 unspecified atom stereocenters. The molecule has 1 fully saturated rings. The van der Waals surface area contributed by atoms with E-state index < -0.39 is 5.97 Å². The summed E-state index contributed by atoms with van der Waals surface area (Å²) < 4.78 is 5.70. The number of phenolic OH excluding ortho intramolecular Hbond substituents is 1. The normalized spacial score (nSPS) is 19.6. The molecule has 0 heterocycles. The molecule has 0 saturated heterocycles. The molecular weight excluding hydrogens is 424 g/mol. The maximum absolute atomic E-state index is 12.2. The van der Waals surface area contributed by atoms with Crippen LogP contribution in [0.4, 0.5) is 0 Å². The number of benzene rings is 3. The highest BCUT2D eigenvalue weighted by Gasteiger charge is 2.33. The molecule has 3 atom stereocenters. The van der Waals surface area contributed by atoms with Crippen molar-refractivity contribution >= 4 is 11.8 Å². The topological polar surface area (TPSA) is 63.6 Å². The molecule has 1 saturated carbocycles. The van der Waals surface area contributed by atoms with Crippen LogP contribution in [-0.4, -0.2) is 23.0 Å². The van der Waals surface area contributed by atoms with Crippen molar-refractivity contribution in [2.75, 3.05) is 0 Å². The highest BCUT2D eigenvalue weighted by Crippen LogP contribution is 2.36. The molecule has 0 amide bonds. The number of ketones is 1. The fourth-order valence-electron chi connectivity index (χ4n) is 4.44. The van der Waals surface area contributed by atoms with E-state index in [0.29, 0.717) is 17.8 Å². The number of phenols is 1. The number of hydrogen-bond donors (Lipinski definition) is 1. The summed E-state index contributed by atoms with van der Waals surface area (Å²) in [5.41, 5.74) is 1.73. The Balaban J connectivity index is 0.000000202. The number of carbonyl (C=O) groups excluding carboxylic acids is 2. The molecule has 4 heteroatoms. The Labute approximate surface area is 202 Å². The first-order chi connectivity index (χ1) is 16.4. The van der Waals surface area contributed by atoms with Crippen LogP contribution < -0.4 is 0 Å². The van der Waals surface area contributed by atoms with Crippen molar-refractivity contribution in [1.29, 1.82) is 0 Å². The van der Waals surface area contributed by atoms with Crippen LogP contribution in [0.5, 0.6) is 5.75 Å². The fourth-order valence-corrected chi connectivity index (χ4v) is 4.44. The smallest absolute Gasteiger partial charge is 0.342 e. The molecule has 3 aromatic rings. The van der Waals surface area contributed by atoms with Gasteiger partial charge in [0.1, 0.15) is 17.4 Å². The molecule has 3 aromatic carbocycles. The van der Waals surface area contributed by atoms with Gasteiger partial charge in [0.05, 0.1) is 0 Å². The molecule has 34 heavy (non-hydrogen) atoms. The minimum absolute atomic E-state index is 0.0116. The van der Waals surface area contributed by atoms with E-state index in [0.717, 1.165) is 24.0 Å². The van der Waals surface area contributed by atoms with Crippen LogP contribution in [0.3, 0.4) is 0 Å².